The number of rotatable bonds is 3. The highest BCUT2D eigenvalue weighted by Gasteiger charge is 2.35. The number of aryl methyl sites for hydroxylation is 1. The highest BCUT2D eigenvalue weighted by atomic mass is 16.2. The minimum atomic E-state index is 0.0730. The van der Waals surface area contributed by atoms with Crippen LogP contribution in [-0.2, 0) is 11.2 Å². The number of nitrogens with zero attached hydrogens (tertiary/aromatic N) is 3. The summed E-state index contributed by atoms with van der Waals surface area (Å²) in [5.74, 6) is 1.39. The van der Waals surface area contributed by atoms with Crippen LogP contribution < -0.4 is 10.2 Å². The third-order valence-electron chi connectivity index (χ3n) is 6.51. The summed E-state index contributed by atoms with van der Waals surface area (Å²) in [5, 5.41) is 3.11. The van der Waals surface area contributed by atoms with Gasteiger partial charge < -0.3 is 10.2 Å². The summed E-state index contributed by atoms with van der Waals surface area (Å²) in [6, 6.07) is 19.5. The molecule has 1 aliphatic carbocycles. The molecule has 150 valence electrons. The van der Waals surface area contributed by atoms with Crippen molar-refractivity contribution >= 4 is 17.4 Å². The van der Waals surface area contributed by atoms with E-state index < -0.39 is 0 Å². The Morgan fingerprint density at radius 3 is 2.59 bits per heavy atom. The van der Waals surface area contributed by atoms with Crippen molar-refractivity contribution in [2.75, 3.05) is 37.6 Å². The Bertz CT molecular complexity index is 902. The van der Waals surface area contributed by atoms with Crippen molar-refractivity contribution in [2.45, 2.75) is 31.2 Å². The van der Waals surface area contributed by atoms with Gasteiger partial charge in [-0.2, -0.15) is 0 Å². The number of hydrogen-bond donors (Lipinski definition) is 1. The maximum atomic E-state index is 12.6. The minimum Gasteiger partial charge on any atom is -0.369 e. The first-order valence-electron chi connectivity index (χ1n) is 10.7. The molecule has 0 unspecified atom stereocenters. The number of hydrogen-bond acceptors (Lipinski definition) is 4. The average molecular weight is 389 g/mol. The van der Waals surface area contributed by atoms with E-state index in [-0.39, 0.29) is 5.91 Å². The highest BCUT2D eigenvalue weighted by Crippen LogP contribution is 2.39. The molecule has 29 heavy (non-hydrogen) atoms. The molecule has 1 saturated heterocycles. The number of piperazine rings is 1. The summed E-state index contributed by atoms with van der Waals surface area (Å²) < 4.78 is 0. The van der Waals surface area contributed by atoms with E-state index >= 15 is 0 Å². The van der Waals surface area contributed by atoms with Crippen molar-refractivity contribution in [3.8, 4) is 0 Å². The summed E-state index contributed by atoms with van der Waals surface area (Å²) in [5.41, 5.74) is 4.14. The van der Waals surface area contributed by atoms with Crippen molar-refractivity contribution in [3.63, 3.8) is 0 Å². The number of aliphatic imine (C=N–C) groups is 1. The lowest BCUT2D eigenvalue weighted by atomic mass is 9.79. The number of carbonyl (C=O) groups excluding carboxylic acids is 1. The molecule has 0 spiro atoms. The van der Waals surface area contributed by atoms with Gasteiger partial charge >= 0.3 is 0 Å². The largest absolute Gasteiger partial charge is 0.369 e. The van der Waals surface area contributed by atoms with E-state index in [0.29, 0.717) is 18.5 Å². The van der Waals surface area contributed by atoms with Gasteiger partial charge in [0.1, 0.15) is 5.84 Å². The molecule has 3 aliphatic rings. The molecule has 2 atom stereocenters. The standard InChI is InChI=1S/C24H28N4O/c29-24(17-27-12-14-28(15-13-27)19-7-2-1-3-8-19)26-23-16-21-20-9-5-4-6-18(20)10-11-22(21)25-23/h1-9,21-22H,10-17H2,(H,25,26,29)/t21-,22+/m0/s1. The van der Waals surface area contributed by atoms with Crippen molar-refractivity contribution < 1.29 is 4.79 Å². The van der Waals surface area contributed by atoms with Crippen molar-refractivity contribution in [1.29, 1.82) is 0 Å². The molecule has 1 N–H and O–H groups in total. The lowest BCUT2D eigenvalue weighted by molar-refractivity contribution is -0.120. The first-order valence-corrected chi connectivity index (χ1v) is 10.7. The molecule has 2 aromatic rings. The predicted octanol–water partition coefficient (Wildman–Crippen LogP) is 2.83. The maximum absolute atomic E-state index is 12.6. The normalized spacial score (nSPS) is 23.9. The monoisotopic (exact) mass is 388 g/mol. The molecule has 0 saturated carbocycles. The van der Waals surface area contributed by atoms with E-state index in [4.69, 9.17) is 4.99 Å². The molecule has 5 rings (SSSR count). The van der Waals surface area contributed by atoms with Gasteiger partial charge in [-0.25, -0.2) is 0 Å². The molecule has 1 fully saturated rings. The highest BCUT2D eigenvalue weighted by molar-refractivity contribution is 6.00. The van der Waals surface area contributed by atoms with Crippen LogP contribution in [0.25, 0.3) is 0 Å². The van der Waals surface area contributed by atoms with E-state index in [2.05, 4.69) is 63.6 Å². The Balaban J connectivity index is 1.13. The van der Waals surface area contributed by atoms with Gasteiger partial charge in [0, 0.05) is 44.2 Å². The molecule has 5 heteroatoms. The van der Waals surface area contributed by atoms with E-state index in [0.717, 1.165) is 51.3 Å². The van der Waals surface area contributed by atoms with Crippen LogP contribution in [0.5, 0.6) is 0 Å². The third kappa shape index (κ3) is 3.92. The number of amides is 1. The SMILES string of the molecule is O=C(CN1CCN(c2ccccc2)CC1)NC1=N[C@@H]2CCc3ccccc3[C@@H]2C1. The Morgan fingerprint density at radius 1 is 1.00 bits per heavy atom. The first-order chi connectivity index (χ1) is 14.3. The van der Waals surface area contributed by atoms with Crippen LogP contribution in [0.15, 0.2) is 59.6 Å². The number of fused-ring (bicyclic) bond motifs is 3. The zero-order chi connectivity index (χ0) is 19.6. The number of amidine groups is 1. The molecule has 2 aliphatic heterocycles. The Hall–Kier alpha value is -2.66. The third-order valence-corrected chi connectivity index (χ3v) is 6.51. The van der Waals surface area contributed by atoms with Gasteiger partial charge in [0.2, 0.25) is 5.91 Å². The molecule has 0 bridgehead atoms. The average Bonchev–Trinajstić information content (AvgIpc) is 3.18. The van der Waals surface area contributed by atoms with Gasteiger partial charge in [0.05, 0.1) is 12.6 Å². The van der Waals surface area contributed by atoms with Crippen LogP contribution in [0.4, 0.5) is 5.69 Å². The Labute approximate surface area is 172 Å². The zero-order valence-electron chi connectivity index (χ0n) is 16.8. The van der Waals surface area contributed by atoms with Crippen molar-refractivity contribution in [2.24, 2.45) is 4.99 Å². The van der Waals surface area contributed by atoms with Gasteiger partial charge in [-0.05, 0) is 36.1 Å². The predicted molar refractivity (Wildman–Crippen MR) is 117 cm³/mol. The summed E-state index contributed by atoms with van der Waals surface area (Å²) in [6.45, 7) is 4.19. The van der Waals surface area contributed by atoms with Crippen molar-refractivity contribution in [1.82, 2.24) is 10.2 Å². The maximum Gasteiger partial charge on any atom is 0.239 e. The molecule has 0 aromatic heterocycles. The second kappa shape index (κ2) is 7.99. The van der Waals surface area contributed by atoms with Gasteiger partial charge in [0.15, 0.2) is 0 Å². The summed E-state index contributed by atoms with van der Waals surface area (Å²) >= 11 is 0. The summed E-state index contributed by atoms with van der Waals surface area (Å²) in [4.78, 5) is 22.1. The van der Waals surface area contributed by atoms with Crippen molar-refractivity contribution in [3.05, 3.63) is 65.7 Å². The number of benzene rings is 2. The second-order valence-electron chi connectivity index (χ2n) is 8.34. The van der Waals surface area contributed by atoms with Gasteiger partial charge in [-0.1, -0.05) is 42.5 Å². The second-order valence-corrected chi connectivity index (χ2v) is 8.34. The Kier molecular flexibility index (Phi) is 5.06. The fourth-order valence-corrected chi connectivity index (χ4v) is 4.99. The number of anilines is 1. The molecule has 2 aromatic carbocycles. The van der Waals surface area contributed by atoms with E-state index in [1.165, 1.54) is 16.8 Å². The lowest BCUT2D eigenvalue weighted by Crippen LogP contribution is -2.50. The quantitative estimate of drug-likeness (QED) is 0.880. The molecule has 1 amide bonds. The lowest BCUT2D eigenvalue weighted by Gasteiger charge is -2.35. The van der Waals surface area contributed by atoms with Crippen LogP contribution in [0.3, 0.4) is 0 Å². The minimum absolute atomic E-state index is 0.0730. The molecular weight excluding hydrogens is 360 g/mol. The number of nitrogens with one attached hydrogen (secondary N) is 1. The smallest absolute Gasteiger partial charge is 0.239 e. The summed E-state index contributed by atoms with van der Waals surface area (Å²) in [6.07, 6.45) is 3.03. The van der Waals surface area contributed by atoms with Crippen LogP contribution in [0.1, 0.15) is 29.9 Å². The van der Waals surface area contributed by atoms with E-state index in [1.54, 1.807) is 0 Å². The molecule has 5 nitrogen and oxygen atoms in total. The van der Waals surface area contributed by atoms with Gasteiger partial charge in [0.25, 0.3) is 0 Å². The fraction of sp³-hybridized carbons (Fsp3) is 0.417. The fourth-order valence-electron chi connectivity index (χ4n) is 4.99. The van der Waals surface area contributed by atoms with Crippen LogP contribution in [-0.4, -0.2) is 55.4 Å². The summed E-state index contributed by atoms with van der Waals surface area (Å²) in [7, 11) is 0. The number of para-hydroxylation sites is 1. The van der Waals surface area contributed by atoms with Gasteiger partial charge in [-0.15, -0.1) is 0 Å². The molecule has 2 heterocycles. The van der Waals surface area contributed by atoms with E-state index in [9.17, 15) is 4.79 Å². The molecular formula is C24H28N4O. The Morgan fingerprint density at radius 2 is 1.76 bits per heavy atom. The zero-order valence-corrected chi connectivity index (χ0v) is 16.8. The van der Waals surface area contributed by atoms with Crippen LogP contribution >= 0.6 is 0 Å². The number of carbonyl (C=O) groups is 1. The van der Waals surface area contributed by atoms with Crippen LogP contribution in [0.2, 0.25) is 0 Å². The topological polar surface area (TPSA) is 47.9 Å². The van der Waals surface area contributed by atoms with Gasteiger partial charge in [-0.3, -0.25) is 14.7 Å². The van der Waals surface area contributed by atoms with E-state index in [1.807, 2.05) is 6.07 Å². The first kappa shape index (κ1) is 18.4. The molecule has 0 radical (unpaired) electrons. The van der Waals surface area contributed by atoms with Crippen LogP contribution in [0, 0.1) is 0 Å².